The fourth-order valence-corrected chi connectivity index (χ4v) is 2.89. The summed E-state index contributed by atoms with van der Waals surface area (Å²) in [4.78, 5) is 39.7. The van der Waals surface area contributed by atoms with E-state index in [0.717, 1.165) is 4.57 Å². The summed E-state index contributed by atoms with van der Waals surface area (Å²) in [5.41, 5.74) is -2.48. The highest BCUT2D eigenvalue weighted by molar-refractivity contribution is 6.33. The molecule has 0 aliphatic heterocycles. The monoisotopic (exact) mass is 492 g/mol. The molecule has 0 spiro atoms. The van der Waals surface area contributed by atoms with Gasteiger partial charge in [-0.1, -0.05) is 6.07 Å². The van der Waals surface area contributed by atoms with Crippen LogP contribution in [0.3, 0.4) is 0 Å². The van der Waals surface area contributed by atoms with E-state index in [1.54, 1.807) is 62.3 Å². The van der Waals surface area contributed by atoms with Gasteiger partial charge in [-0.15, -0.1) is 0 Å². The van der Waals surface area contributed by atoms with Gasteiger partial charge in [-0.2, -0.15) is 4.90 Å². The molecule has 0 unspecified atom stereocenters. The van der Waals surface area contributed by atoms with Crippen LogP contribution in [-0.4, -0.2) is 57.0 Å². The molecule has 12 heteroatoms. The molecule has 11 nitrogen and oxygen atoms in total. The molecule has 0 radical (unpaired) electrons. The second-order valence-electron chi connectivity index (χ2n) is 10.8. The molecule has 192 valence electrons. The number of aromatic nitrogens is 1. The third kappa shape index (κ3) is 7.89. The van der Waals surface area contributed by atoms with Crippen molar-refractivity contribution >= 4 is 42.2 Å². The van der Waals surface area contributed by atoms with Crippen LogP contribution in [0.2, 0.25) is 0 Å². The molecule has 2 aromatic rings. The minimum Gasteiger partial charge on any atom is -0.498 e. The zero-order valence-corrected chi connectivity index (χ0v) is 21.5. The van der Waals surface area contributed by atoms with Crippen molar-refractivity contribution in [3.8, 4) is 5.88 Å². The molecule has 35 heavy (non-hydrogen) atoms. The zero-order valence-electron chi connectivity index (χ0n) is 21.5. The van der Waals surface area contributed by atoms with Gasteiger partial charge in [0, 0.05) is 11.5 Å². The summed E-state index contributed by atoms with van der Waals surface area (Å²) in [5.74, 6) is -0.220. The highest BCUT2D eigenvalue weighted by Gasteiger charge is 2.34. The number of benzene rings is 1. The van der Waals surface area contributed by atoms with Crippen molar-refractivity contribution in [3.63, 3.8) is 0 Å². The fourth-order valence-electron chi connectivity index (χ4n) is 2.89. The third-order valence-electron chi connectivity index (χ3n) is 3.97. The second kappa shape index (κ2) is 9.78. The maximum Gasteiger partial charge on any atom is 0.708 e. The van der Waals surface area contributed by atoms with Crippen LogP contribution in [0.5, 0.6) is 5.88 Å². The van der Waals surface area contributed by atoms with Crippen LogP contribution in [0.25, 0.3) is 10.9 Å². The van der Waals surface area contributed by atoms with Gasteiger partial charge in [0.15, 0.2) is 5.88 Å². The van der Waals surface area contributed by atoms with Gasteiger partial charge in [-0.3, -0.25) is 0 Å². The molecule has 2 rings (SSSR count). The predicted molar refractivity (Wildman–Crippen MR) is 129 cm³/mol. The Bertz CT molecular complexity index is 1080. The molecule has 1 aromatic heterocycles. The number of carbonyl (C=O) groups is 3. The lowest BCUT2D eigenvalue weighted by Crippen LogP contribution is -2.43. The molecule has 2 amide bonds. The lowest BCUT2D eigenvalue weighted by atomic mass is 10.2. The minimum absolute atomic E-state index is 0.0417. The van der Waals surface area contributed by atoms with Gasteiger partial charge in [0.05, 0.1) is 11.2 Å². The molecule has 0 fully saturated rings. The summed E-state index contributed by atoms with van der Waals surface area (Å²) in [5, 5.41) is 19.1. The first kappa shape index (κ1) is 28.0. The number of amides is 2. The summed E-state index contributed by atoms with van der Waals surface area (Å²) in [7, 11) is -2.21. The Morgan fingerprint density at radius 2 is 1.29 bits per heavy atom. The number of fused-ring (bicyclic) bond motifs is 1. The summed E-state index contributed by atoms with van der Waals surface area (Å²) >= 11 is 0. The van der Waals surface area contributed by atoms with E-state index in [0.29, 0.717) is 10.3 Å². The summed E-state index contributed by atoms with van der Waals surface area (Å²) in [6.45, 7) is 14.9. The Labute approximate surface area is 204 Å². The first-order valence-electron chi connectivity index (χ1n) is 11.0. The van der Waals surface area contributed by atoms with Gasteiger partial charge in [0.1, 0.15) is 16.8 Å². The van der Waals surface area contributed by atoms with Gasteiger partial charge in [0.25, 0.3) is 0 Å². The van der Waals surface area contributed by atoms with E-state index < -0.39 is 42.4 Å². The fraction of sp³-hybridized carbons (Fsp3) is 0.522. The van der Waals surface area contributed by atoms with E-state index in [-0.39, 0.29) is 17.1 Å². The van der Waals surface area contributed by atoms with Gasteiger partial charge >= 0.3 is 25.6 Å². The van der Waals surface area contributed by atoms with Gasteiger partial charge in [-0.25, -0.2) is 19.0 Å². The Morgan fingerprint density at radius 3 is 1.71 bits per heavy atom. The number of imide groups is 1. The lowest BCUT2D eigenvalue weighted by Gasteiger charge is -2.28. The average molecular weight is 492 g/mol. The van der Waals surface area contributed by atoms with E-state index in [9.17, 15) is 24.4 Å². The third-order valence-corrected chi connectivity index (χ3v) is 3.97. The quantitative estimate of drug-likeness (QED) is 0.470. The Hall–Kier alpha value is -3.25. The van der Waals surface area contributed by atoms with Crippen LogP contribution < -0.4 is 9.55 Å². The van der Waals surface area contributed by atoms with Crippen molar-refractivity contribution in [1.29, 1.82) is 0 Å². The van der Waals surface area contributed by atoms with Crippen LogP contribution >= 0.6 is 0 Å². The summed E-state index contributed by atoms with van der Waals surface area (Å²) in [6, 6.07) is 5.72. The van der Waals surface area contributed by atoms with E-state index >= 15 is 0 Å². The molecule has 1 aromatic carbocycles. The number of nitrogens with zero attached hydrogens (tertiary/aromatic N) is 2. The minimum atomic E-state index is -2.21. The topological polar surface area (TPSA) is 137 Å². The van der Waals surface area contributed by atoms with E-state index in [4.69, 9.17) is 18.9 Å². The van der Waals surface area contributed by atoms with Crippen molar-refractivity contribution < 1.29 is 43.3 Å². The molecule has 0 aliphatic rings. The Balaban J connectivity index is 2.69. The molecular formula is C23H33BN2O9. The zero-order chi connectivity index (χ0) is 26.9. The SMILES string of the molecule is CC(C)(C)OC(=O)N(C(=O)OC(C)(C)C)c1ccc2cc(OB(O)O)n(C(=O)OC(C)(C)C)c2c1. The predicted octanol–water partition coefficient (Wildman–Crippen LogP) is 4.45. The van der Waals surface area contributed by atoms with Gasteiger partial charge in [-0.05, 0) is 74.4 Å². The number of ether oxygens (including phenoxy) is 3. The number of rotatable bonds is 3. The van der Waals surface area contributed by atoms with Crippen molar-refractivity contribution in [3.05, 3.63) is 24.3 Å². The van der Waals surface area contributed by atoms with Crippen molar-refractivity contribution in [1.82, 2.24) is 4.57 Å². The average Bonchev–Trinajstić information content (AvgIpc) is 2.93. The van der Waals surface area contributed by atoms with E-state index in [1.165, 1.54) is 24.3 Å². The van der Waals surface area contributed by atoms with E-state index in [2.05, 4.69) is 0 Å². The summed E-state index contributed by atoms with van der Waals surface area (Å²) in [6.07, 6.45) is -2.84. The van der Waals surface area contributed by atoms with Crippen LogP contribution in [0, 0.1) is 0 Å². The number of anilines is 1. The maximum atomic E-state index is 13.0. The molecule has 0 saturated heterocycles. The number of carbonyl (C=O) groups excluding carboxylic acids is 3. The standard InChI is InChI=1S/C23H33BN2O9/c1-21(2,3)32-18(27)25(19(28)33-22(4,5)6)15-11-10-14-12-17(35-24(30)31)26(16(14)13-15)20(29)34-23(7,8)9/h10-13,30-31H,1-9H3. The van der Waals surface area contributed by atoms with Crippen molar-refractivity contribution in [2.24, 2.45) is 0 Å². The highest BCUT2D eigenvalue weighted by atomic mass is 16.6. The van der Waals surface area contributed by atoms with Crippen LogP contribution in [-0.2, 0) is 14.2 Å². The molecule has 0 bridgehead atoms. The lowest BCUT2D eigenvalue weighted by molar-refractivity contribution is 0.0428. The highest BCUT2D eigenvalue weighted by Crippen LogP contribution is 2.32. The number of hydrogen-bond acceptors (Lipinski definition) is 9. The first-order chi connectivity index (χ1) is 15.8. The normalized spacial score (nSPS) is 12.2. The maximum absolute atomic E-state index is 13.0. The Kier molecular flexibility index (Phi) is 7.83. The van der Waals surface area contributed by atoms with Crippen LogP contribution in [0.15, 0.2) is 24.3 Å². The van der Waals surface area contributed by atoms with Crippen LogP contribution in [0.1, 0.15) is 62.3 Å². The molecular weight excluding hydrogens is 459 g/mol. The van der Waals surface area contributed by atoms with Gasteiger partial charge in [0.2, 0.25) is 0 Å². The molecule has 2 N–H and O–H groups in total. The second-order valence-corrected chi connectivity index (χ2v) is 10.8. The van der Waals surface area contributed by atoms with Gasteiger partial charge < -0.3 is 28.9 Å². The van der Waals surface area contributed by atoms with E-state index in [1.807, 2.05) is 0 Å². The molecule has 1 heterocycles. The molecule has 0 atom stereocenters. The van der Waals surface area contributed by atoms with Crippen LogP contribution in [0.4, 0.5) is 20.1 Å². The largest absolute Gasteiger partial charge is 0.708 e. The Morgan fingerprint density at radius 1 is 0.800 bits per heavy atom. The molecule has 0 saturated carbocycles. The smallest absolute Gasteiger partial charge is 0.498 e. The molecule has 0 aliphatic carbocycles. The van der Waals surface area contributed by atoms with Crippen molar-refractivity contribution in [2.75, 3.05) is 4.90 Å². The summed E-state index contributed by atoms with van der Waals surface area (Å²) < 4.78 is 22.2. The number of hydrogen-bond donors (Lipinski definition) is 2. The first-order valence-corrected chi connectivity index (χ1v) is 11.0. The van der Waals surface area contributed by atoms with Crippen molar-refractivity contribution in [2.45, 2.75) is 79.1 Å².